The molecular formula is C18H19N7. The van der Waals surface area contributed by atoms with Crippen molar-refractivity contribution in [2.45, 2.75) is 27.3 Å². The number of fused-ring (bicyclic) bond motifs is 1. The summed E-state index contributed by atoms with van der Waals surface area (Å²) in [6.45, 7) is 6.76. The van der Waals surface area contributed by atoms with Gasteiger partial charge in [-0.15, -0.1) is 0 Å². The summed E-state index contributed by atoms with van der Waals surface area (Å²) in [5.41, 5.74) is 6.15. The van der Waals surface area contributed by atoms with Crippen LogP contribution in [-0.4, -0.2) is 29.4 Å². The van der Waals surface area contributed by atoms with Crippen LogP contribution in [0.5, 0.6) is 0 Å². The second-order valence-corrected chi connectivity index (χ2v) is 6.09. The molecule has 7 heteroatoms. The van der Waals surface area contributed by atoms with Gasteiger partial charge < -0.3 is 5.32 Å². The minimum absolute atomic E-state index is 0.703. The highest BCUT2D eigenvalue weighted by molar-refractivity contribution is 5.56. The predicted molar refractivity (Wildman–Crippen MR) is 95.9 cm³/mol. The Morgan fingerprint density at radius 2 is 1.88 bits per heavy atom. The van der Waals surface area contributed by atoms with Crippen molar-refractivity contribution in [1.29, 1.82) is 0 Å². The van der Waals surface area contributed by atoms with Crippen molar-refractivity contribution >= 4 is 11.5 Å². The molecule has 126 valence electrons. The molecule has 0 radical (unpaired) electrons. The highest BCUT2D eigenvalue weighted by Gasteiger charge is 2.10. The van der Waals surface area contributed by atoms with Gasteiger partial charge in [0.15, 0.2) is 5.65 Å². The van der Waals surface area contributed by atoms with Gasteiger partial charge in [0.25, 0.3) is 0 Å². The molecule has 0 atom stereocenters. The summed E-state index contributed by atoms with van der Waals surface area (Å²) >= 11 is 0. The van der Waals surface area contributed by atoms with Crippen molar-refractivity contribution in [2.24, 2.45) is 0 Å². The Balaban J connectivity index is 1.57. The molecule has 0 saturated heterocycles. The van der Waals surface area contributed by atoms with E-state index < -0.39 is 0 Å². The molecule has 0 saturated carbocycles. The number of aromatic nitrogens is 6. The van der Waals surface area contributed by atoms with E-state index in [4.69, 9.17) is 0 Å². The minimum Gasteiger partial charge on any atom is -0.366 e. The SMILES string of the molecule is Cc1cc(NCc2ccc(-n3cncn3)cc2)n2nc(C)c(C)c2n1. The summed E-state index contributed by atoms with van der Waals surface area (Å²) in [4.78, 5) is 8.56. The van der Waals surface area contributed by atoms with Gasteiger partial charge in [0.2, 0.25) is 0 Å². The highest BCUT2D eigenvalue weighted by Crippen LogP contribution is 2.19. The van der Waals surface area contributed by atoms with E-state index in [1.807, 2.05) is 36.6 Å². The molecule has 0 amide bonds. The fourth-order valence-corrected chi connectivity index (χ4v) is 2.78. The summed E-state index contributed by atoms with van der Waals surface area (Å²) in [7, 11) is 0. The fraction of sp³-hybridized carbons (Fsp3) is 0.222. The van der Waals surface area contributed by atoms with Gasteiger partial charge in [0, 0.05) is 23.9 Å². The van der Waals surface area contributed by atoms with Crippen molar-refractivity contribution in [3.63, 3.8) is 0 Å². The van der Waals surface area contributed by atoms with Gasteiger partial charge in [-0.05, 0) is 38.5 Å². The van der Waals surface area contributed by atoms with Crippen LogP contribution >= 0.6 is 0 Å². The lowest BCUT2D eigenvalue weighted by Gasteiger charge is -2.10. The summed E-state index contributed by atoms with van der Waals surface area (Å²) in [6.07, 6.45) is 3.21. The number of hydrogen-bond donors (Lipinski definition) is 1. The molecule has 25 heavy (non-hydrogen) atoms. The van der Waals surface area contributed by atoms with E-state index in [2.05, 4.69) is 44.5 Å². The van der Waals surface area contributed by atoms with E-state index in [0.29, 0.717) is 6.54 Å². The first-order chi connectivity index (χ1) is 12.1. The standard InChI is InChI=1S/C18H19N7/c1-12-8-17(25-18(22-12)13(2)14(3)23-25)20-9-15-4-6-16(7-5-15)24-11-19-10-21-24/h4-8,10-11,20H,9H2,1-3H3. The lowest BCUT2D eigenvalue weighted by atomic mass is 10.2. The van der Waals surface area contributed by atoms with Gasteiger partial charge in [-0.2, -0.15) is 14.7 Å². The van der Waals surface area contributed by atoms with Crippen LogP contribution in [-0.2, 0) is 6.54 Å². The molecule has 3 aromatic heterocycles. The van der Waals surface area contributed by atoms with Crippen LogP contribution in [0.25, 0.3) is 11.3 Å². The van der Waals surface area contributed by atoms with Crippen molar-refractivity contribution in [3.8, 4) is 5.69 Å². The molecule has 7 nitrogen and oxygen atoms in total. The van der Waals surface area contributed by atoms with Crippen LogP contribution in [0.3, 0.4) is 0 Å². The maximum Gasteiger partial charge on any atom is 0.160 e. The number of benzene rings is 1. The molecule has 0 aliphatic heterocycles. The van der Waals surface area contributed by atoms with Gasteiger partial charge in [-0.3, -0.25) is 0 Å². The average molecular weight is 333 g/mol. The third-order valence-electron chi connectivity index (χ3n) is 4.28. The Hall–Kier alpha value is -3.22. The van der Waals surface area contributed by atoms with E-state index in [0.717, 1.165) is 34.1 Å². The first-order valence-electron chi connectivity index (χ1n) is 8.13. The van der Waals surface area contributed by atoms with Crippen molar-refractivity contribution in [2.75, 3.05) is 5.32 Å². The Morgan fingerprint density at radius 3 is 2.60 bits per heavy atom. The Kier molecular flexibility index (Phi) is 3.68. The summed E-state index contributed by atoms with van der Waals surface area (Å²) in [6, 6.07) is 10.2. The number of nitrogens with one attached hydrogen (secondary N) is 1. The molecule has 1 aromatic carbocycles. The van der Waals surface area contributed by atoms with Crippen LogP contribution in [0, 0.1) is 20.8 Å². The van der Waals surface area contributed by atoms with E-state index >= 15 is 0 Å². The van der Waals surface area contributed by atoms with E-state index in [-0.39, 0.29) is 0 Å². The number of hydrogen-bond acceptors (Lipinski definition) is 5. The van der Waals surface area contributed by atoms with Crippen molar-refractivity contribution in [3.05, 3.63) is 65.5 Å². The van der Waals surface area contributed by atoms with Crippen LogP contribution in [0.2, 0.25) is 0 Å². The molecule has 3 heterocycles. The maximum atomic E-state index is 4.60. The molecule has 0 spiro atoms. The third-order valence-corrected chi connectivity index (χ3v) is 4.28. The quantitative estimate of drug-likeness (QED) is 0.622. The molecule has 0 bridgehead atoms. The Morgan fingerprint density at radius 1 is 1.08 bits per heavy atom. The fourth-order valence-electron chi connectivity index (χ4n) is 2.78. The summed E-state index contributed by atoms with van der Waals surface area (Å²) in [5, 5.41) is 12.2. The van der Waals surface area contributed by atoms with Gasteiger partial charge in [0.1, 0.15) is 18.5 Å². The van der Waals surface area contributed by atoms with Gasteiger partial charge in [-0.1, -0.05) is 12.1 Å². The molecule has 0 aliphatic carbocycles. The second-order valence-electron chi connectivity index (χ2n) is 6.09. The Labute approximate surface area is 145 Å². The molecule has 4 aromatic rings. The third kappa shape index (κ3) is 2.84. The lowest BCUT2D eigenvalue weighted by Crippen LogP contribution is -2.07. The van der Waals surface area contributed by atoms with Crippen LogP contribution in [0.1, 0.15) is 22.5 Å². The monoisotopic (exact) mass is 333 g/mol. The Bertz CT molecular complexity index is 1010. The zero-order chi connectivity index (χ0) is 17.4. The number of nitrogens with zero attached hydrogens (tertiary/aromatic N) is 6. The minimum atomic E-state index is 0.703. The largest absolute Gasteiger partial charge is 0.366 e. The van der Waals surface area contributed by atoms with Crippen LogP contribution in [0.4, 0.5) is 5.82 Å². The lowest BCUT2D eigenvalue weighted by molar-refractivity contribution is 0.876. The number of rotatable bonds is 4. The van der Waals surface area contributed by atoms with Gasteiger partial charge in [-0.25, -0.2) is 14.6 Å². The summed E-state index contributed by atoms with van der Waals surface area (Å²) < 4.78 is 3.61. The van der Waals surface area contributed by atoms with Crippen molar-refractivity contribution < 1.29 is 0 Å². The van der Waals surface area contributed by atoms with E-state index in [1.165, 1.54) is 11.9 Å². The summed E-state index contributed by atoms with van der Waals surface area (Å²) in [5.74, 6) is 0.944. The predicted octanol–water partition coefficient (Wildman–Crippen LogP) is 2.85. The molecular weight excluding hydrogens is 314 g/mol. The molecule has 1 N–H and O–H groups in total. The van der Waals surface area contributed by atoms with Crippen LogP contribution < -0.4 is 5.32 Å². The number of aryl methyl sites for hydroxylation is 3. The molecule has 4 rings (SSSR count). The van der Waals surface area contributed by atoms with Gasteiger partial charge in [0.05, 0.1) is 11.4 Å². The normalized spacial score (nSPS) is 11.2. The zero-order valence-corrected chi connectivity index (χ0v) is 14.4. The molecule has 0 aliphatic rings. The first kappa shape index (κ1) is 15.3. The maximum absolute atomic E-state index is 4.60. The topological polar surface area (TPSA) is 72.9 Å². The van der Waals surface area contributed by atoms with E-state index in [9.17, 15) is 0 Å². The molecule has 0 unspecified atom stereocenters. The zero-order valence-electron chi connectivity index (χ0n) is 14.4. The molecule has 0 fully saturated rings. The van der Waals surface area contributed by atoms with E-state index in [1.54, 1.807) is 11.0 Å². The second kappa shape index (κ2) is 6.01. The average Bonchev–Trinajstić information content (AvgIpc) is 3.24. The number of anilines is 1. The van der Waals surface area contributed by atoms with Crippen LogP contribution in [0.15, 0.2) is 43.0 Å². The first-order valence-corrected chi connectivity index (χ1v) is 8.13. The van der Waals surface area contributed by atoms with Gasteiger partial charge >= 0.3 is 0 Å². The smallest absolute Gasteiger partial charge is 0.160 e. The van der Waals surface area contributed by atoms with Crippen molar-refractivity contribution in [1.82, 2.24) is 29.4 Å². The highest BCUT2D eigenvalue weighted by atomic mass is 15.3.